The molecule has 1 aliphatic carbocycles. The van der Waals surface area contributed by atoms with Crippen LogP contribution in [0.2, 0.25) is 5.02 Å². The smallest absolute Gasteiger partial charge is 0.195 e. The van der Waals surface area contributed by atoms with Crippen molar-refractivity contribution in [1.82, 2.24) is 0 Å². The number of thiophene rings is 1. The van der Waals surface area contributed by atoms with Crippen LogP contribution in [0, 0.1) is 0 Å². The molecule has 1 aliphatic rings. The van der Waals surface area contributed by atoms with Gasteiger partial charge in [-0.3, -0.25) is 9.59 Å². The van der Waals surface area contributed by atoms with Crippen molar-refractivity contribution < 1.29 is 9.59 Å². The number of rotatable bonds is 1. The van der Waals surface area contributed by atoms with Gasteiger partial charge >= 0.3 is 0 Å². The van der Waals surface area contributed by atoms with E-state index in [4.69, 9.17) is 11.6 Å². The quantitative estimate of drug-likeness (QED) is 0.360. The van der Waals surface area contributed by atoms with Crippen LogP contribution in [0.4, 0.5) is 0 Å². The summed E-state index contributed by atoms with van der Waals surface area (Å²) in [6, 6.07) is 16.4. The molecule has 0 radical (unpaired) electrons. The molecule has 0 saturated carbocycles. The summed E-state index contributed by atoms with van der Waals surface area (Å²) in [7, 11) is 0. The van der Waals surface area contributed by atoms with Gasteiger partial charge in [-0.05, 0) is 56.9 Å². The van der Waals surface area contributed by atoms with Gasteiger partial charge < -0.3 is 0 Å². The van der Waals surface area contributed by atoms with Gasteiger partial charge in [-0.25, -0.2) is 0 Å². The summed E-state index contributed by atoms with van der Waals surface area (Å²) < 4.78 is 0. The van der Waals surface area contributed by atoms with E-state index in [-0.39, 0.29) is 11.6 Å². The fourth-order valence-corrected chi connectivity index (χ4v) is 4.46. The minimum atomic E-state index is -0.126. The molecule has 0 atom stereocenters. The second-order valence-corrected chi connectivity index (χ2v) is 7.47. The second kappa shape index (κ2) is 5.63. The van der Waals surface area contributed by atoms with Gasteiger partial charge in [0, 0.05) is 27.3 Å². The molecule has 0 bridgehead atoms. The highest BCUT2D eigenvalue weighted by Gasteiger charge is 2.32. The second-order valence-electron chi connectivity index (χ2n) is 6.25. The lowest BCUT2D eigenvalue weighted by Gasteiger charge is -2.21. The molecule has 3 aromatic carbocycles. The molecule has 5 rings (SSSR count). The highest BCUT2D eigenvalue weighted by Crippen LogP contribution is 2.39. The maximum Gasteiger partial charge on any atom is 0.195 e. The minimum Gasteiger partial charge on any atom is -0.289 e. The molecule has 1 heterocycles. The molecule has 0 spiro atoms. The largest absolute Gasteiger partial charge is 0.289 e. The molecule has 0 fully saturated rings. The van der Waals surface area contributed by atoms with E-state index in [0.29, 0.717) is 27.3 Å². The summed E-state index contributed by atoms with van der Waals surface area (Å²) >= 11 is 7.82. The Morgan fingerprint density at radius 3 is 2.23 bits per heavy atom. The van der Waals surface area contributed by atoms with Gasteiger partial charge in [-0.2, -0.15) is 11.3 Å². The SMILES string of the molecule is O=C1c2ccccc2C(=O)c2c1cc(-c1ccsc1)c1ccc(Cl)cc21. The van der Waals surface area contributed by atoms with Crippen LogP contribution in [-0.2, 0) is 0 Å². The van der Waals surface area contributed by atoms with Crippen LogP contribution in [0.15, 0.2) is 65.4 Å². The summed E-state index contributed by atoms with van der Waals surface area (Å²) in [4.78, 5) is 26.3. The normalized spacial score (nSPS) is 13.0. The predicted octanol–water partition coefficient (Wildman–Crippen LogP) is 6.00. The molecule has 26 heavy (non-hydrogen) atoms. The average Bonchev–Trinajstić information content (AvgIpc) is 3.19. The van der Waals surface area contributed by atoms with Gasteiger partial charge in [0.05, 0.1) is 0 Å². The number of hydrogen-bond acceptors (Lipinski definition) is 3. The lowest BCUT2D eigenvalue weighted by Crippen LogP contribution is -2.21. The summed E-state index contributed by atoms with van der Waals surface area (Å²) in [5, 5.41) is 6.23. The first-order chi connectivity index (χ1) is 12.6. The van der Waals surface area contributed by atoms with E-state index in [2.05, 4.69) is 0 Å². The molecule has 4 aromatic rings. The Bertz CT molecular complexity index is 1220. The Kier molecular flexibility index (Phi) is 3.36. The Balaban J connectivity index is 1.94. The summed E-state index contributed by atoms with van der Waals surface area (Å²) in [6.07, 6.45) is 0. The van der Waals surface area contributed by atoms with E-state index in [1.54, 1.807) is 41.7 Å². The predicted molar refractivity (Wildman–Crippen MR) is 106 cm³/mol. The van der Waals surface area contributed by atoms with Crippen LogP contribution < -0.4 is 0 Å². The maximum atomic E-state index is 13.2. The lowest BCUT2D eigenvalue weighted by molar-refractivity contribution is 0.0980. The van der Waals surface area contributed by atoms with Crippen molar-refractivity contribution in [3.63, 3.8) is 0 Å². The van der Waals surface area contributed by atoms with Gasteiger partial charge in [-0.1, -0.05) is 41.9 Å². The number of halogens is 1. The first-order valence-corrected chi connectivity index (χ1v) is 9.44. The third-order valence-corrected chi connectivity index (χ3v) is 5.74. The van der Waals surface area contributed by atoms with Crippen LogP contribution in [-0.4, -0.2) is 11.6 Å². The molecular formula is C22H11ClO2S. The van der Waals surface area contributed by atoms with Gasteiger partial charge in [0.15, 0.2) is 11.6 Å². The molecule has 0 N–H and O–H groups in total. The Labute approximate surface area is 158 Å². The monoisotopic (exact) mass is 374 g/mol. The summed E-state index contributed by atoms with van der Waals surface area (Å²) in [5.41, 5.74) is 3.79. The standard InChI is InChI=1S/C22H11ClO2S/c23-13-5-6-14-17(12-7-8-26-11-12)10-19-20(18(14)9-13)22(25)16-4-2-1-3-15(16)21(19)24/h1-11H. The molecule has 0 aliphatic heterocycles. The Hall–Kier alpha value is -2.75. The fourth-order valence-electron chi connectivity index (χ4n) is 3.64. The van der Waals surface area contributed by atoms with Crippen molar-refractivity contribution in [3.8, 4) is 11.1 Å². The molecule has 0 amide bonds. The van der Waals surface area contributed by atoms with Crippen LogP contribution in [0.25, 0.3) is 21.9 Å². The number of benzene rings is 3. The van der Waals surface area contributed by atoms with Crippen molar-refractivity contribution >= 4 is 45.3 Å². The minimum absolute atomic E-state index is 0.117. The van der Waals surface area contributed by atoms with Crippen molar-refractivity contribution in [1.29, 1.82) is 0 Å². The summed E-state index contributed by atoms with van der Waals surface area (Å²) in [6.45, 7) is 0. The van der Waals surface area contributed by atoms with Crippen molar-refractivity contribution in [2.75, 3.05) is 0 Å². The van der Waals surface area contributed by atoms with Crippen LogP contribution in [0.3, 0.4) is 0 Å². The van der Waals surface area contributed by atoms with Crippen LogP contribution in [0.5, 0.6) is 0 Å². The van der Waals surface area contributed by atoms with Crippen molar-refractivity contribution in [3.05, 3.63) is 92.6 Å². The Morgan fingerprint density at radius 1 is 0.731 bits per heavy atom. The van der Waals surface area contributed by atoms with Crippen LogP contribution >= 0.6 is 22.9 Å². The topological polar surface area (TPSA) is 34.1 Å². The highest BCUT2D eigenvalue weighted by atomic mass is 35.5. The molecule has 124 valence electrons. The highest BCUT2D eigenvalue weighted by molar-refractivity contribution is 7.08. The maximum absolute atomic E-state index is 13.2. The summed E-state index contributed by atoms with van der Waals surface area (Å²) in [5.74, 6) is -0.243. The zero-order valence-electron chi connectivity index (χ0n) is 13.5. The van der Waals surface area contributed by atoms with Crippen molar-refractivity contribution in [2.45, 2.75) is 0 Å². The molecule has 2 nitrogen and oxygen atoms in total. The van der Waals surface area contributed by atoms with E-state index in [9.17, 15) is 9.59 Å². The third kappa shape index (κ3) is 2.11. The van der Waals surface area contributed by atoms with Gasteiger partial charge in [0.2, 0.25) is 0 Å². The zero-order valence-corrected chi connectivity index (χ0v) is 15.0. The van der Waals surface area contributed by atoms with E-state index >= 15 is 0 Å². The van der Waals surface area contributed by atoms with Crippen molar-refractivity contribution in [2.24, 2.45) is 0 Å². The average molecular weight is 375 g/mol. The zero-order chi connectivity index (χ0) is 17.8. The van der Waals surface area contributed by atoms with Gasteiger partial charge in [-0.15, -0.1) is 0 Å². The fraction of sp³-hybridized carbons (Fsp3) is 0. The first-order valence-electron chi connectivity index (χ1n) is 8.12. The first kappa shape index (κ1) is 15.5. The third-order valence-electron chi connectivity index (χ3n) is 4.82. The number of fused-ring (bicyclic) bond motifs is 4. The van der Waals surface area contributed by atoms with Gasteiger partial charge in [0.25, 0.3) is 0 Å². The van der Waals surface area contributed by atoms with Gasteiger partial charge in [0.1, 0.15) is 0 Å². The molecule has 1 aromatic heterocycles. The van der Waals surface area contributed by atoms with E-state index in [0.717, 1.165) is 21.9 Å². The molecule has 0 unspecified atom stereocenters. The number of carbonyl (C=O) groups excluding carboxylic acids is 2. The number of carbonyl (C=O) groups is 2. The van der Waals surface area contributed by atoms with E-state index < -0.39 is 0 Å². The van der Waals surface area contributed by atoms with E-state index in [1.807, 2.05) is 35.0 Å². The lowest BCUT2D eigenvalue weighted by atomic mass is 9.80. The molecule has 0 saturated heterocycles. The van der Waals surface area contributed by atoms with E-state index in [1.165, 1.54) is 0 Å². The number of hydrogen-bond donors (Lipinski definition) is 0. The number of ketones is 2. The molecule has 4 heteroatoms. The van der Waals surface area contributed by atoms with Crippen LogP contribution in [0.1, 0.15) is 31.8 Å². The molecular weight excluding hydrogens is 364 g/mol. The Morgan fingerprint density at radius 2 is 1.50 bits per heavy atom.